The lowest BCUT2D eigenvalue weighted by Crippen LogP contribution is -2.27. The van der Waals surface area contributed by atoms with E-state index in [1.165, 1.54) is 12.1 Å². The molecule has 1 rings (SSSR count). The number of benzene rings is 1. The van der Waals surface area contributed by atoms with Gasteiger partial charge in [0, 0.05) is 17.4 Å². The molecular formula is C12H17FN2O3S. The summed E-state index contributed by atoms with van der Waals surface area (Å²) in [6.45, 7) is 3.18. The first-order chi connectivity index (χ1) is 8.75. The molecule has 0 saturated carbocycles. The number of halogens is 1. The third kappa shape index (κ3) is 4.51. The molecule has 0 bridgehead atoms. The largest absolute Gasteiger partial charge is 0.379 e. The molecule has 1 aromatic rings. The van der Waals surface area contributed by atoms with Crippen molar-refractivity contribution in [2.24, 2.45) is 5.73 Å². The monoisotopic (exact) mass is 288 g/mol. The van der Waals surface area contributed by atoms with Crippen LogP contribution in [0.15, 0.2) is 18.2 Å². The topological polar surface area (TPSA) is 89.3 Å². The Kier molecular flexibility index (Phi) is 4.88. The van der Waals surface area contributed by atoms with E-state index in [0.29, 0.717) is 0 Å². The minimum Gasteiger partial charge on any atom is -0.379 e. The maximum atomic E-state index is 13.5. The molecule has 0 saturated heterocycles. The number of nitrogens with two attached hydrogens (primary N) is 1. The third-order valence-electron chi connectivity index (χ3n) is 2.60. The van der Waals surface area contributed by atoms with Crippen molar-refractivity contribution in [1.82, 2.24) is 0 Å². The van der Waals surface area contributed by atoms with Gasteiger partial charge in [-0.15, -0.1) is 0 Å². The number of nitrogens with one attached hydrogen (secondary N) is 1. The van der Waals surface area contributed by atoms with Gasteiger partial charge in [-0.3, -0.25) is 4.79 Å². The molecule has 1 aromatic carbocycles. The summed E-state index contributed by atoms with van der Waals surface area (Å²) in [7, 11) is -3.15. The molecule has 106 valence electrons. The van der Waals surface area contributed by atoms with Crippen LogP contribution in [-0.2, 0) is 9.84 Å². The summed E-state index contributed by atoms with van der Waals surface area (Å²) in [5.74, 6) is -1.31. The van der Waals surface area contributed by atoms with Gasteiger partial charge in [-0.2, -0.15) is 0 Å². The van der Waals surface area contributed by atoms with Crippen LogP contribution >= 0.6 is 0 Å². The third-order valence-corrected chi connectivity index (χ3v) is 4.48. The standard InChI is InChI=1S/C12H17FN2O3S/c1-3-19(17,18)7-8(2)15-11-6-9(12(14)16)4-5-10(11)13/h4-6,8,15H,3,7H2,1-2H3,(H2,14,16). The average Bonchev–Trinajstić information content (AvgIpc) is 2.31. The van der Waals surface area contributed by atoms with E-state index in [1.807, 2.05) is 0 Å². The normalized spacial score (nSPS) is 13.0. The molecule has 3 N–H and O–H groups in total. The van der Waals surface area contributed by atoms with Gasteiger partial charge in [0.05, 0.1) is 11.4 Å². The second-order valence-corrected chi connectivity index (χ2v) is 6.70. The van der Waals surface area contributed by atoms with Gasteiger partial charge in [0.15, 0.2) is 9.84 Å². The second kappa shape index (κ2) is 6.01. The number of anilines is 1. The molecule has 7 heteroatoms. The minimum absolute atomic E-state index is 0.0306. The molecule has 0 aliphatic rings. The van der Waals surface area contributed by atoms with Crippen molar-refractivity contribution >= 4 is 21.4 Å². The van der Waals surface area contributed by atoms with Crippen LogP contribution in [0.2, 0.25) is 0 Å². The van der Waals surface area contributed by atoms with E-state index in [9.17, 15) is 17.6 Å². The number of primary amides is 1. The highest BCUT2D eigenvalue weighted by molar-refractivity contribution is 7.91. The Morgan fingerprint density at radius 2 is 2.11 bits per heavy atom. The fourth-order valence-electron chi connectivity index (χ4n) is 1.60. The SMILES string of the molecule is CCS(=O)(=O)CC(C)Nc1cc(C(N)=O)ccc1F. The lowest BCUT2D eigenvalue weighted by molar-refractivity contribution is 0.100. The van der Waals surface area contributed by atoms with Crippen LogP contribution in [0, 0.1) is 5.82 Å². The molecule has 1 unspecified atom stereocenters. The fraction of sp³-hybridized carbons (Fsp3) is 0.417. The minimum atomic E-state index is -3.15. The summed E-state index contributed by atoms with van der Waals surface area (Å²) in [4.78, 5) is 11.0. The summed E-state index contributed by atoms with van der Waals surface area (Å²) in [5.41, 5.74) is 5.33. The van der Waals surface area contributed by atoms with Crippen LogP contribution in [0.3, 0.4) is 0 Å². The van der Waals surface area contributed by atoms with Crippen molar-refractivity contribution < 1.29 is 17.6 Å². The van der Waals surface area contributed by atoms with Gasteiger partial charge >= 0.3 is 0 Å². The molecule has 19 heavy (non-hydrogen) atoms. The van der Waals surface area contributed by atoms with Crippen molar-refractivity contribution in [2.45, 2.75) is 19.9 Å². The number of hydrogen-bond acceptors (Lipinski definition) is 4. The van der Waals surface area contributed by atoms with Crippen molar-refractivity contribution in [3.8, 4) is 0 Å². The Bertz CT molecular complexity index is 572. The van der Waals surface area contributed by atoms with E-state index in [4.69, 9.17) is 5.73 Å². The first-order valence-electron chi connectivity index (χ1n) is 5.81. The molecule has 5 nitrogen and oxygen atoms in total. The highest BCUT2D eigenvalue weighted by Gasteiger charge is 2.15. The van der Waals surface area contributed by atoms with Gasteiger partial charge < -0.3 is 11.1 Å². The van der Waals surface area contributed by atoms with Gasteiger partial charge in [0.2, 0.25) is 5.91 Å². The van der Waals surface area contributed by atoms with Crippen LogP contribution in [0.4, 0.5) is 10.1 Å². The Labute approximate surface area is 111 Å². The molecule has 0 aromatic heterocycles. The molecule has 0 heterocycles. The van der Waals surface area contributed by atoms with Gasteiger partial charge in [-0.05, 0) is 25.1 Å². The van der Waals surface area contributed by atoms with Crippen LogP contribution in [0.25, 0.3) is 0 Å². The molecule has 0 aliphatic carbocycles. The van der Waals surface area contributed by atoms with Gasteiger partial charge in [-0.1, -0.05) is 6.92 Å². The molecular weight excluding hydrogens is 271 g/mol. The number of carbonyl (C=O) groups excluding carboxylic acids is 1. The van der Waals surface area contributed by atoms with E-state index in [2.05, 4.69) is 5.32 Å². The van der Waals surface area contributed by atoms with Crippen molar-refractivity contribution in [2.75, 3.05) is 16.8 Å². The van der Waals surface area contributed by atoms with Crippen LogP contribution < -0.4 is 11.1 Å². The van der Waals surface area contributed by atoms with Crippen molar-refractivity contribution in [1.29, 1.82) is 0 Å². The maximum absolute atomic E-state index is 13.5. The first-order valence-corrected chi connectivity index (χ1v) is 7.63. The molecule has 0 aliphatic heterocycles. The van der Waals surface area contributed by atoms with E-state index in [0.717, 1.165) is 6.07 Å². The summed E-state index contributed by atoms with van der Waals surface area (Å²) < 4.78 is 36.4. The Balaban J connectivity index is 2.87. The second-order valence-electron chi connectivity index (χ2n) is 4.30. The van der Waals surface area contributed by atoms with Crippen molar-refractivity contribution in [3.63, 3.8) is 0 Å². The summed E-state index contributed by atoms with van der Waals surface area (Å²) in [5, 5.41) is 2.73. The quantitative estimate of drug-likeness (QED) is 0.822. The predicted octanol–water partition coefficient (Wildman–Crippen LogP) is 1.16. The zero-order valence-corrected chi connectivity index (χ0v) is 11.6. The summed E-state index contributed by atoms with van der Waals surface area (Å²) in [6.07, 6.45) is 0. The highest BCUT2D eigenvalue weighted by atomic mass is 32.2. The average molecular weight is 288 g/mol. The van der Waals surface area contributed by atoms with Crippen LogP contribution in [-0.4, -0.2) is 31.9 Å². The number of amides is 1. The molecule has 1 amide bonds. The van der Waals surface area contributed by atoms with Crippen LogP contribution in [0.5, 0.6) is 0 Å². The number of rotatable bonds is 6. The maximum Gasteiger partial charge on any atom is 0.248 e. The van der Waals surface area contributed by atoms with Crippen LogP contribution in [0.1, 0.15) is 24.2 Å². The molecule has 0 spiro atoms. The molecule has 0 fully saturated rings. The van der Waals surface area contributed by atoms with Gasteiger partial charge in [-0.25, -0.2) is 12.8 Å². The number of hydrogen-bond donors (Lipinski definition) is 2. The smallest absolute Gasteiger partial charge is 0.248 e. The molecule has 0 radical (unpaired) electrons. The van der Waals surface area contributed by atoms with E-state index < -0.39 is 27.6 Å². The van der Waals surface area contributed by atoms with E-state index >= 15 is 0 Å². The Morgan fingerprint density at radius 3 is 2.63 bits per heavy atom. The summed E-state index contributed by atoms with van der Waals surface area (Å²) >= 11 is 0. The highest BCUT2D eigenvalue weighted by Crippen LogP contribution is 2.17. The summed E-state index contributed by atoms with van der Waals surface area (Å²) in [6, 6.07) is 3.19. The fourth-order valence-corrected chi connectivity index (χ4v) is 2.68. The Morgan fingerprint density at radius 1 is 1.47 bits per heavy atom. The van der Waals surface area contributed by atoms with Gasteiger partial charge in [0.25, 0.3) is 0 Å². The van der Waals surface area contributed by atoms with Gasteiger partial charge in [0.1, 0.15) is 5.82 Å². The lowest BCUT2D eigenvalue weighted by Gasteiger charge is -2.16. The zero-order valence-electron chi connectivity index (χ0n) is 10.8. The molecule has 1 atom stereocenters. The van der Waals surface area contributed by atoms with E-state index in [1.54, 1.807) is 13.8 Å². The zero-order chi connectivity index (χ0) is 14.6. The van der Waals surface area contributed by atoms with Crippen molar-refractivity contribution in [3.05, 3.63) is 29.6 Å². The van der Waals surface area contributed by atoms with E-state index in [-0.39, 0.29) is 22.8 Å². The number of carbonyl (C=O) groups is 1. The predicted molar refractivity (Wildman–Crippen MR) is 72.3 cm³/mol. The lowest BCUT2D eigenvalue weighted by atomic mass is 10.1. The Hall–Kier alpha value is -1.63. The number of sulfone groups is 1. The first kappa shape index (κ1) is 15.4.